The van der Waals surface area contributed by atoms with Gasteiger partial charge < -0.3 is 14.2 Å². The fraction of sp³-hybridized carbons (Fsp3) is 0.389. The zero-order chi connectivity index (χ0) is 17.3. The molecule has 0 atom stereocenters. The van der Waals surface area contributed by atoms with Gasteiger partial charge in [0, 0.05) is 24.6 Å². The molecular weight excluding hydrogens is 304 g/mol. The highest BCUT2D eigenvalue weighted by atomic mass is 16.5. The monoisotopic (exact) mass is 326 g/mol. The molecule has 0 aliphatic heterocycles. The molecule has 0 spiro atoms. The van der Waals surface area contributed by atoms with Crippen molar-refractivity contribution in [1.82, 2.24) is 19.9 Å². The Balaban J connectivity index is 1.70. The number of hydrogen-bond acceptors (Lipinski definition) is 4. The van der Waals surface area contributed by atoms with E-state index in [2.05, 4.69) is 15.5 Å². The van der Waals surface area contributed by atoms with E-state index >= 15 is 0 Å². The minimum absolute atomic E-state index is 0.153. The van der Waals surface area contributed by atoms with E-state index in [4.69, 9.17) is 4.52 Å². The molecule has 0 fully saturated rings. The number of aryl methyl sites for hydroxylation is 1. The Morgan fingerprint density at radius 1 is 1.33 bits per heavy atom. The van der Waals surface area contributed by atoms with Crippen molar-refractivity contribution in [2.45, 2.75) is 39.5 Å². The van der Waals surface area contributed by atoms with E-state index in [1.165, 1.54) is 0 Å². The van der Waals surface area contributed by atoms with Crippen LogP contribution >= 0.6 is 0 Å². The lowest BCUT2D eigenvalue weighted by molar-refractivity contribution is 0.0950. The molecule has 1 N–H and O–H groups in total. The molecule has 6 nitrogen and oxygen atoms in total. The number of aromatic nitrogens is 3. The lowest BCUT2D eigenvalue weighted by atomic mass is 9.88. The molecule has 0 bridgehead atoms. The van der Waals surface area contributed by atoms with Gasteiger partial charge in [0.05, 0.1) is 11.7 Å². The number of imidazole rings is 1. The molecule has 0 radical (unpaired) electrons. The van der Waals surface area contributed by atoms with Gasteiger partial charge in [-0.2, -0.15) is 0 Å². The molecule has 6 heteroatoms. The third-order valence-electron chi connectivity index (χ3n) is 3.95. The van der Waals surface area contributed by atoms with Crippen molar-refractivity contribution >= 4 is 11.4 Å². The van der Waals surface area contributed by atoms with Crippen LogP contribution in [0.2, 0.25) is 0 Å². The minimum atomic E-state index is -0.246. The average Bonchev–Trinajstić information content (AvgIpc) is 3.11. The van der Waals surface area contributed by atoms with Crippen molar-refractivity contribution in [3.63, 3.8) is 0 Å². The van der Waals surface area contributed by atoms with Crippen molar-refractivity contribution in [3.8, 4) is 0 Å². The number of pyridine rings is 1. The molecule has 0 aromatic carbocycles. The summed E-state index contributed by atoms with van der Waals surface area (Å²) < 4.78 is 7.25. The Hall–Kier alpha value is -2.63. The Morgan fingerprint density at radius 3 is 2.88 bits per heavy atom. The van der Waals surface area contributed by atoms with Crippen LogP contribution in [-0.2, 0) is 11.8 Å². The van der Waals surface area contributed by atoms with Crippen molar-refractivity contribution < 1.29 is 9.32 Å². The number of nitrogens with zero attached hydrogens (tertiary/aromatic N) is 3. The highest BCUT2D eigenvalue weighted by Gasteiger charge is 2.28. The molecule has 0 aliphatic rings. The predicted molar refractivity (Wildman–Crippen MR) is 91.2 cm³/mol. The quantitative estimate of drug-likeness (QED) is 0.800. The molecule has 1 amide bonds. The highest BCUT2D eigenvalue weighted by molar-refractivity contribution is 5.96. The fourth-order valence-corrected chi connectivity index (χ4v) is 2.71. The fourth-order valence-electron chi connectivity index (χ4n) is 2.71. The Morgan fingerprint density at radius 2 is 2.12 bits per heavy atom. The third-order valence-corrected chi connectivity index (χ3v) is 3.95. The summed E-state index contributed by atoms with van der Waals surface area (Å²) in [5.41, 5.74) is 2.02. The molecule has 3 aromatic rings. The van der Waals surface area contributed by atoms with Gasteiger partial charge in [0.25, 0.3) is 5.91 Å². The van der Waals surface area contributed by atoms with Gasteiger partial charge in [0.1, 0.15) is 22.8 Å². The van der Waals surface area contributed by atoms with Crippen molar-refractivity contribution in [2.24, 2.45) is 0 Å². The maximum Gasteiger partial charge on any atom is 0.256 e. The number of rotatable bonds is 4. The van der Waals surface area contributed by atoms with Crippen molar-refractivity contribution in [2.75, 3.05) is 6.54 Å². The second kappa shape index (κ2) is 6.11. The standard InChI is InChI=1S/C18H22N4O2/c1-12-15(16(21-24-12)18(2,3)4)17(23)19-9-8-14-20-11-13-7-5-6-10-22(13)14/h5-7,10-11H,8-9H2,1-4H3,(H,19,23). The van der Waals surface area contributed by atoms with Crippen LogP contribution < -0.4 is 5.32 Å². The first-order chi connectivity index (χ1) is 11.4. The number of carbonyl (C=O) groups excluding carboxylic acids is 1. The SMILES string of the molecule is Cc1onc(C(C)(C)C)c1C(=O)NCCc1ncc2ccccn12. The molecule has 3 rings (SSSR count). The summed E-state index contributed by atoms with van der Waals surface area (Å²) in [4.78, 5) is 17.0. The zero-order valence-corrected chi connectivity index (χ0v) is 14.5. The van der Waals surface area contributed by atoms with E-state index in [1.807, 2.05) is 55.8 Å². The van der Waals surface area contributed by atoms with Gasteiger partial charge in [0.2, 0.25) is 0 Å². The maximum absolute atomic E-state index is 12.5. The Kier molecular flexibility index (Phi) is 4.13. The van der Waals surface area contributed by atoms with Crippen LogP contribution in [0.1, 0.15) is 48.4 Å². The first-order valence-corrected chi connectivity index (χ1v) is 8.04. The smallest absolute Gasteiger partial charge is 0.256 e. The first kappa shape index (κ1) is 16.2. The molecule has 126 valence electrons. The number of hydrogen-bond donors (Lipinski definition) is 1. The second-order valence-electron chi connectivity index (χ2n) is 6.89. The van der Waals surface area contributed by atoms with Crippen LogP contribution in [-0.4, -0.2) is 27.0 Å². The average molecular weight is 326 g/mol. The first-order valence-electron chi connectivity index (χ1n) is 8.04. The summed E-state index contributed by atoms with van der Waals surface area (Å²) in [6.07, 6.45) is 4.46. The number of fused-ring (bicyclic) bond motifs is 1. The zero-order valence-electron chi connectivity index (χ0n) is 14.5. The molecule has 0 saturated carbocycles. The minimum Gasteiger partial charge on any atom is -0.361 e. The van der Waals surface area contributed by atoms with E-state index in [0.29, 0.717) is 30.0 Å². The summed E-state index contributed by atoms with van der Waals surface area (Å²) in [7, 11) is 0. The van der Waals surface area contributed by atoms with Crippen LogP contribution in [0.15, 0.2) is 35.1 Å². The van der Waals surface area contributed by atoms with Gasteiger partial charge in [-0.3, -0.25) is 4.79 Å². The predicted octanol–water partition coefficient (Wildman–Crippen LogP) is 2.90. The van der Waals surface area contributed by atoms with Crippen molar-refractivity contribution in [3.05, 3.63) is 53.4 Å². The molecule has 24 heavy (non-hydrogen) atoms. The van der Waals surface area contributed by atoms with E-state index < -0.39 is 0 Å². The highest BCUT2D eigenvalue weighted by Crippen LogP contribution is 2.26. The van der Waals surface area contributed by atoms with Gasteiger partial charge in [-0.1, -0.05) is 32.0 Å². The lowest BCUT2D eigenvalue weighted by Gasteiger charge is -2.16. The maximum atomic E-state index is 12.5. The molecular formula is C18H22N4O2. The van der Waals surface area contributed by atoms with E-state index in [9.17, 15) is 4.79 Å². The van der Waals surface area contributed by atoms with Gasteiger partial charge in [-0.15, -0.1) is 0 Å². The Bertz CT molecular complexity index is 871. The van der Waals surface area contributed by atoms with Crippen LogP contribution in [0.25, 0.3) is 5.52 Å². The molecule has 3 aromatic heterocycles. The Labute approximate surface area is 140 Å². The van der Waals surface area contributed by atoms with Gasteiger partial charge >= 0.3 is 0 Å². The van der Waals surface area contributed by atoms with Crippen molar-refractivity contribution in [1.29, 1.82) is 0 Å². The lowest BCUT2D eigenvalue weighted by Crippen LogP contribution is -2.29. The van der Waals surface area contributed by atoms with Crippen LogP contribution in [0.5, 0.6) is 0 Å². The summed E-state index contributed by atoms with van der Waals surface area (Å²) in [6, 6.07) is 5.95. The van der Waals surface area contributed by atoms with Gasteiger partial charge in [0.15, 0.2) is 0 Å². The molecule has 3 heterocycles. The number of carbonyl (C=O) groups is 1. The second-order valence-corrected chi connectivity index (χ2v) is 6.89. The normalized spacial score (nSPS) is 11.8. The number of amides is 1. The van der Waals surface area contributed by atoms with Gasteiger partial charge in [-0.05, 0) is 19.1 Å². The molecule has 0 saturated heterocycles. The van der Waals surface area contributed by atoms with E-state index in [1.54, 1.807) is 6.92 Å². The van der Waals surface area contributed by atoms with E-state index in [0.717, 1.165) is 11.3 Å². The largest absolute Gasteiger partial charge is 0.361 e. The van der Waals surface area contributed by atoms with E-state index in [-0.39, 0.29) is 11.3 Å². The molecule has 0 aliphatic carbocycles. The van der Waals surface area contributed by atoms with Crippen LogP contribution in [0.3, 0.4) is 0 Å². The van der Waals surface area contributed by atoms with Crippen LogP contribution in [0, 0.1) is 6.92 Å². The third kappa shape index (κ3) is 3.04. The summed E-state index contributed by atoms with van der Waals surface area (Å²) in [6.45, 7) is 8.30. The topological polar surface area (TPSA) is 72.4 Å². The van der Waals surface area contributed by atoms with Gasteiger partial charge in [-0.25, -0.2) is 4.98 Å². The summed E-state index contributed by atoms with van der Waals surface area (Å²) in [5.74, 6) is 1.31. The molecule has 0 unspecified atom stereocenters. The summed E-state index contributed by atoms with van der Waals surface area (Å²) >= 11 is 0. The number of nitrogens with one attached hydrogen (secondary N) is 1. The van der Waals surface area contributed by atoms with Crippen LogP contribution in [0.4, 0.5) is 0 Å². The summed E-state index contributed by atoms with van der Waals surface area (Å²) in [5, 5.41) is 7.00.